The lowest BCUT2D eigenvalue weighted by molar-refractivity contribution is 0.0189. The Morgan fingerprint density at radius 3 is 2.48 bits per heavy atom. The minimum atomic E-state index is -0.707. The minimum absolute atomic E-state index is 0.0340. The van der Waals surface area contributed by atoms with Crippen LogP contribution in [0.4, 0.5) is 9.18 Å². The molecule has 1 fully saturated rings. The summed E-state index contributed by atoms with van der Waals surface area (Å²) in [5.41, 5.74) is -1.34. The fraction of sp³-hybridized carbons (Fsp3) is 0.450. The minimum Gasteiger partial charge on any atom is -0.444 e. The van der Waals surface area contributed by atoms with Gasteiger partial charge in [0.1, 0.15) is 11.1 Å². The van der Waals surface area contributed by atoms with Gasteiger partial charge in [-0.05, 0) is 55.6 Å². The first-order valence-electron chi connectivity index (χ1n) is 9.79. The molecule has 1 amide bonds. The molecular formula is C20H21BrClFN4O4. The van der Waals surface area contributed by atoms with E-state index in [1.54, 1.807) is 25.7 Å². The maximum absolute atomic E-state index is 14.8. The molecular weight excluding hydrogens is 495 g/mol. The quantitative estimate of drug-likeness (QED) is 0.472. The Hall–Kier alpha value is -2.33. The SMILES string of the molecule is CC(C)(C)OC(=O)N1CCC(n2c(=O)[nH]c3c(=O)[nH]c4c(F)c(Br)c(Cl)cc4c32)CC1. The number of ether oxygens (including phenoxy) is 1. The monoisotopic (exact) mass is 514 g/mol. The number of benzene rings is 1. The predicted molar refractivity (Wildman–Crippen MR) is 119 cm³/mol. The van der Waals surface area contributed by atoms with Gasteiger partial charge in [0.05, 0.1) is 20.5 Å². The largest absolute Gasteiger partial charge is 0.444 e. The van der Waals surface area contributed by atoms with E-state index in [-0.39, 0.29) is 26.6 Å². The summed E-state index contributed by atoms with van der Waals surface area (Å²) in [6.07, 6.45) is 0.554. The van der Waals surface area contributed by atoms with Gasteiger partial charge >= 0.3 is 11.8 Å². The zero-order valence-electron chi connectivity index (χ0n) is 17.1. The van der Waals surface area contributed by atoms with Crippen molar-refractivity contribution in [2.75, 3.05) is 13.1 Å². The average Bonchev–Trinajstić information content (AvgIpc) is 3.04. The smallest absolute Gasteiger partial charge is 0.410 e. The van der Waals surface area contributed by atoms with Gasteiger partial charge in [-0.2, -0.15) is 0 Å². The highest BCUT2D eigenvalue weighted by Gasteiger charge is 2.30. The number of amides is 1. The zero-order valence-corrected chi connectivity index (χ0v) is 19.5. The van der Waals surface area contributed by atoms with Crippen molar-refractivity contribution in [1.82, 2.24) is 19.4 Å². The van der Waals surface area contributed by atoms with E-state index in [4.69, 9.17) is 16.3 Å². The van der Waals surface area contributed by atoms with Crippen LogP contribution in [0.5, 0.6) is 0 Å². The van der Waals surface area contributed by atoms with Crippen molar-refractivity contribution in [3.8, 4) is 0 Å². The van der Waals surface area contributed by atoms with Crippen LogP contribution in [0.25, 0.3) is 21.9 Å². The van der Waals surface area contributed by atoms with Gasteiger partial charge in [0.15, 0.2) is 5.82 Å². The average molecular weight is 516 g/mol. The first kappa shape index (κ1) is 21.9. The number of hydrogen-bond donors (Lipinski definition) is 2. The summed E-state index contributed by atoms with van der Waals surface area (Å²) in [7, 11) is 0. The van der Waals surface area contributed by atoms with Crippen LogP contribution in [0.1, 0.15) is 39.7 Å². The van der Waals surface area contributed by atoms with E-state index in [1.165, 1.54) is 10.6 Å². The lowest BCUT2D eigenvalue weighted by Gasteiger charge is -2.33. The third kappa shape index (κ3) is 3.87. The Morgan fingerprint density at radius 1 is 1.23 bits per heavy atom. The van der Waals surface area contributed by atoms with Crippen molar-refractivity contribution in [3.63, 3.8) is 0 Å². The number of likely N-dealkylation sites (tertiary alicyclic amines) is 1. The van der Waals surface area contributed by atoms with Gasteiger partial charge in [0.2, 0.25) is 0 Å². The standard InChI is InChI=1S/C20H21BrClFN4O4/c1-20(2,3)31-19(30)26-6-4-9(5-7-26)27-16-10-8-11(22)12(21)13(23)14(10)24-17(28)15(16)25-18(27)29/h8-9H,4-7H2,1-3H3,(H,24,28)(H,25,29). The highest BCUT2D eigenvalue weighted by Crippen LogP contribution is 2.35. The third-order valence-corrected chi connectivity index (χ3v) is 6.59. The van der Waals surface area contributed by atoms with Crippen LogP contribution in [0.15, 0.2) is 20.1 Å². The molecule has 0 bridgehead atoms. The molecule has 0 radical (unpaired) electrons. The Bertz CT molecular complexity index is 1320. The number of halogens is 3. The van der Waals surface area contributed by atoms with E-state index in [1.807, 2.05) is 0 Å². The number of fused-ring (bicyclic) bond motifs is 3. The fourth-order valence-electron chi connectivity index (χ4n) is 3.94. The third-order valence-electron chi connectivity index (χ3n) is 5.29. The summed E-state index contributed by atoms with van der Waals surface area (Å²) in [5, 5.41) is 0.450. The van der Waals surface area contributed by atoms with Crippen LogP contribution in [0.2, 0.25) is 5.02 Å². The van der Waals surface area contributed by atoms with Crippen molar-refractivity contribution < 1.29 is 13.9 Å². The first-order valence-corrected chi connectivity index (χ1v) is 11.0. The molecule has 0 atom stereocenters. The number of H-pyrrole nitrogens is 2. The Morgan fingerprint density at radius 2 is 1.87 bits per heavy atom. The molecule has 1 aliphatic heterocycles. The molecule has 2 N–H and O–H groups in total. The molecule has 1 aromatic carbocycles. The number of hydrogen-bond acceptors (Lipinski definition) is 4. The highest BCUT2D eigenvalue weighted by atomic mass is 79.9. The van der Waals surface area contributed by atoms with Crippen LogP contribution >= 0.6 is 27.5 Å². The number of imidazole rings is 1. The van der Waals surface area contributed by atoms with Crippen LogP contribution in [-0.4, -0.2) is 44.2 Å². The molecule has 1 saturated heterocycles. The van der Waals surface area contributed by atoms with Gasteiger partial charge in [0, 0.05) is 24.5 Å². The number of piperidine rings is 1. The van der Waals surface area contributed by atoms with Crippen molar-refractivity contribution >= 4 is 55.6 Å². The summed E-state index contributed by atoms with van der Waals surface area (Å²) in [6, 6.07) is 1.23. The number of nitrogens with one attached hydrogen (secondary N) is 2. The van der Waals surface area contributed by atoms with Gasteiger partial charge in [0.25, 0.3) is 5.56 Å². The summed E-state index contributed by atoms with van der Waals surface area (Å²) >= 11 is 9.23. The van der Waals surface area contributed by atoms with Gasteiger partial charge < -0.3 is 19.6 Å². The molecule has 0 spiro atoms. The molecule has 4 rings (SSSR count). The maximum Gasteiger partial charge on any atom is 0.410 e. The molecule has 166 valence electrons. The Kier molecular flexibility index (Phi) is 5.41. The second-order valence-electron chi connectivity index (χ2n) is 8.59. The van der Waals surface area contributed by atoms with E-state index >= 15 is 0 Å². The number of carbonyl (C=O) groups is 1. The molecule has 2 aromatic heterocycles. The normalized spacial score (nSPS) is 15.7. The molecule has 0 unspecified atom stereocenters. The second-order valence-corrected chi connectivity index (χ2v) is 9.79. The van der Waals surface area contributed by atoms with E-state index in [2.05, 4.69) is 25.9 Å². The molecule has 0 aliphatic carbocycles. The van der Waals surface area contributed by atoms with E-state index < -0.39 is 28.8 Å². The van der Waals surface area contributed by atoms with Gasteiger partial charge in [-0.15, -0.1) is 0 Å². The molecule has 8 nitrogen and oxygen atoms in total. The maximum atomic E-state index is 14.8. The highest BCUT2D eigenvalue weighted by molar-refractivity contribution is 9.10. The molecule has 0 saturated carbocycles. The number of pyridine rings is 1. The molecule has 3 aromatic rings. The van der Waals surface area contributed by atoms with Crippen molar-refractivity contribution in [1.29, 1.82) is 0 Å². The van der Waals surface area contributed by atoms with E-state index in [9.17, 15) is 18.8 Å². The van der Waals surface area contributed by atoms with Gasteiger partial charge in [-0.3, -0.25) is 9.36 Å². The lowest BCUT2D eigenvalue weighted by Crippen LogP contribution is -2.43. The van der Waals surface area contributed by atoms with Crippen molar-refractivity contribution in [3.05, 3.63) is 42.2 Å². The van der Waals surface area contributed by atoms with Crippen molar-refractivity contribution in [2.24, 2.45) is 0 Å². The van der Waals surface area contributed by atoms with E-state index in [0.717, 1.165) is 0 Å². The number of nitrogens with zero attached hydrogens (tertiary/aromatic N) is 2. The second kappa shape index (κ2) is 7.67. The Balaban J connectivity index is 1.77. The van der Waals surface area contributed by atoms with Crippen LogP contribution < -0.4 is 11.2 Å². The molecule has 3 heterocycles. The number of rotatable bonds is 1. The van der Waals surface area contributed by atoms with Crippen LogP contribution in [-0.2, 0) is 4.74 Å². The van der Waals surface area contributed by atoms with Gasteiger partial charge in [-0.1, -0.05) is 11.6 Å². The number of aromatic nitrogens is 3. The lowest BCUT2D eigenvalue weighted by atomic mass is 10.0. The number of carbonyl (C=O) groups excluding carboxylic acids is 1. The molecule has 31 heavy (non-hydrogen) atoms. The van der Waals surface area contributed by atoms with E-state index in [0.29, 0.717) is 36.8 Å². The first-order chi connectivity index (χ1) is 14.5. The molecule has 11 heteroatoms. The predicted octanol–water partition coefficient (Wildman–Crippen LogP) is 4.30. The summed E-state index contributed by atoms with van der Waals surface area (Å²) in [5.74, 6) is -0.707. The molecule has 1 aliphatic rings. The zero-order chi connectivity index (χ0) is 22.7. The van der Waals surface area contributed by atoms with Crippen LogP contribution in [0.3, 0.4) is 0 Å². The Labute approximate surface area is 189 Å². The topological polar surface area (TPSA) is 100 Å². The van der Waals surface area contributed by atoms with Crippen molar-refractivity contribution in [2.45, 2.75) is 45.3 Å². The summed E-state index contributed by atoms with van der Waals surface area (Å²) in [4.78, 5) is 44.3. The summed E-state index contributed by atoms with van der Waals surface area (Å²) < 4.78 is 21.7. The summed E-state index contributed by atoms with van der Waals surface area (Å²) in [6.45, 7) is 6.18. The van der Waals surface area contributed by atoms with Crippen LogP contribution in [0, 0.1) is 5.82 Å². The number of aromatic amines is 2. The fourth-order valence-corrected chi connectivity index (χ4v) is 4.44. The van der Waals surface area contributed by atoms with Gasteiger partial charge in [-0.25, -0.2) is 14.0 Å².